The van der Waals surface area contributed by atoms with Crippen molar-refractivity contribution in [2.75, 3.05) is 19.5 Å². The van der Waals surface area contributed by atoms with E-state index < -0.39 is 0 Å². The molecule has 0 bridgehead atoms. The van der Waals surface area contributed by atoms with Crippen LogP contribution in [0, 0.1) is 0 Å². The smallest absolute Gasteiger partial charge is 0.283 e. The standard InChI is InChI=1S/C21H19N5O2/c1-28-13-12-26-20(27)18-19(25-21(26)22)24-17(15-10-6-3-7-11-15)16(23-18)14-8-4-2-5-9-14/h2-11H,12-13H2,1H3,(H2,22,24,25). The summed E-state index contributed by atoms with van der Waals surface area (Å²) in [7, 11) is 1.56. The molecule has 2 N–H and O–H groups in total. The Balaban J connectivity index is 2.02. The predicted octanol–water partition coefficient (Wildman–Crippen LogP) is 2.75. The van der Waals surface area contributed by atoms with Crippen molar-refractivity contribution in [3.8, 4) is 22.5 Å². The molecule has 0 atom stereocenters. The fraction of sp³-hybridized carbons (Fsp3) is 0.143. The third-order valence-electron chi connectivity index (χ3n) is 4.44. The molecule has 28 heavy (non-hydrogen) atoms. The van der Waals surface area contributed by atoms with Crippen LogP contribution in [-0.2, 0) is 11.3 Å². The van der Waals surface area contributed by atoms with Gasteiger partial charge >= 0.3 is 0 Å². The van der Waals surface area contributed by atoms with Crippen molar-refractivity contribution in [1.29, 1.82) is 0 Å². The number of hydrogen-bond donors (Lipinski definition) is 1. The summed E-state index contributed by atoms with van der Waals surface area (Å²) in [6.45, 7) is 0.644. The van der Waals surface area contributed by atoms with Crippen LogP contribution in [-0.4, -0.2) is 33.2 Å². The maximum atomic E-state index is 13.0. The molecule has 0 aliphatic carbocycles. The van der Waals surface area contributed by atoms with Gasteiger partial charge in [0.1, 0.15) is 0 Å². The van der Waals surface area contributed by atoms with Gasteiger partial charge in [0.25, 0.3) is 5.56 Å². The Kier molecular flexibility index (Phi) is 4.82. The molecule has 0 fully saturated rings. The summed E-state index contributed by atoms with van der Waals surface area (Å²) >= 11 is 0. The van der Waals surface area contributed by atoms with Crippen molar-refractivity contribution in [3.63, 3.8) is 0 Å². The van der Waals surface area contributed by atoms with Gasteiger partial charge in [0.2, 0.25) is 5.95 Å². The van der Waals surface area contributed by atoms with Crippen molar-refractivity contribution in [2.24, 2.45) is 0 Å². The zero-order chi connectivity index (χ0) is 19.5. The molecule has 0 spiro atoms. The molecule has 4 rings (SSSR count). The molecule has 2 aromatic carbocycles. The summed E-state index contributed by atoms with van der Waals surface area (Å²) in [5.41, 5.74) is 9.12. The number of nitrogens with two attached hydrogens (primary N) is 1. The van der Waals surface area contributed by atoms with E-state index in [-0.39, 0.29) is 22.7 Å². The van der Waals surface area contributed by atoms with Gasteiger partial charge in [0, 0.05) is 18.2 Å². The lowest BCUT2D eigenvalue weighted by Crippen LogP contribution is -2.27. The SMILES string of the molecule is COCCn1c(N)nc2nc(-c3ccccc3)c(-c3ccccc3)nc2c1=O. The van der Waals surface area contributed by atoms with Crippen molar-refractivity contribution in [2.45, 2.75) is 6.54 Å². The van der Waals surface area contributed by atoms with Gasteiger partial charge in [-0.3, -0.25) is 9.36 Å². The third-order valence-corrected chi connectivity index (χ3v) is 4.44. The highest BCUT2D eigenvalue weighted by atomic mass is 16.5. The molecular formula is C21H19N5O2. The normalized spacial score (nSPS) is 11.0. The van der Waals surface area contributed by atoms with E-state index in [0.717, 1.165) is 11.1 Å². The number of ether oxygens (including phenoxy) is 1. The van der Waals surface area contributed by atoms with Crippen molar-refractivity contribution in [3.05, 3.63) is 71.0 Å². The fourth-order valence-corrected chi connectivity index (χ4v) is 3.04. The van der Waals surface area contributed by atoms with E-state index in [4.69, 9.17) is 10.5 Å². The van der Waals surface area contributed by atoms with E-state index in [2.05, 4.69) is 15.0 Å². The van der Waals surface area contributed by atoms with E-state index in [1.54, 1.807) is 7.11 Å². The lowest BCUT2D eigenvalue weighted by Gasteiger charge is -2.12. The quantitative estimate of drug-likeness (QED) is 0.578. The maximum Gasteiger partial charge on any atom is 0.283 e. The van der Waals surface area contributed by atoms with Crippen LogP contribution in [0.15, 0.2) is 65.5 Å². The first-order chi connectivity index (χ1) is 13.7. The minimum Gasteiger partial charge on any atom is -0.383 e. The van der Waals surface area contributed by atoms with E-state index in [1.165, 1.54) is 4.57 Å². The number of hydrogen-bond acceptors (Lipinski definition) is 6. The van der Waals surface area contributed by atoms with Gasteiger partial charge in [-0.1, -0.05) is 60.7 Å². The molecule has 7 nitrogen and oxygen atoms in total. The van der Waals surface area contributed by atoms with E-state index >= 15 is 0 Å². The second-order valence-electron chi connectivity index (χ2n) is 6.24. The Labute approximate surface area is 161 Å². The maximum absolute atomic E-state index is 13.0. The van der Waals surface area contributed by atoms with Crippen molar-refractivity contribution >= 4 is 17.1 Å². The molecule has 4 aromatic rings. The van der Waals surface area contributed by atoms with Crippen LogP contribution in [0.25, 0.3) is 33.7 Å². The van der Waals surface area contributed by atoms with Crippen LogP contribution in [0.1, 0.15) is 0 Å². The lowest BCUT2D eigenvalue weighted by molar-refractivity contribution is 0.186. The molecule has 0 saturated heterocycles. The van der Waals surface area contributed by atoms with E-state index in [1.807, 2.05) is 60.7 Å². The largest absolute Gasteiger partial charge is 0.383 e. The van der Waals surface area contributed by atoms with Gasteiger partial charge in [-0.2, -0.15) is 4.98 Å². The minimum atomic E-state index is -0.330. The molecular weight excluding hydrogens is 354 g/mol. The molecule has 2 heterocycles. The third kappa shape index (κ3) is 3.23. The van der Waals surface area contributed by atoms with Crippen LogP contribution in [0.2, 0.25) is 0 Å². The topological polar surface area (TPSA) is 95.9 Å². The predicted molar refractivity (Wildman–Crippen MR) is 109 cm³/mol. The zero-order valence-electron chi connectivity index (χ0n) is 15.4. The monoisotopic (exact) mass is 373 g/mol. The molecule has 0 unspecified atom stereocenters. The lowest BCUT2D eigenvalue weighted by atomic mass is 10.0. The number of methoxy groups -OCH3 is 1. The summed E-state index contributed by atoms with van der Waals surface area (Å²) in [6, 6.07) is 19.4. The highest BCUT2D eigenvalue weighted by Gasteiger charge is 2.17. The van der Waals surface area contributed by atoms with E-state index in [0.29, 0.717) is 24.5 Å². The van der Waals surface area contributed by atoms with Gasteiger partial charge in [-0.25, -0.2) is 9.97 Å². The van der Waals surface area contributed by atoms with Gasteiger partial charge in [-0.05, 0) is 0 Å². The number of benzene rings is 2. The van der Waals surface area contributed by atoms with Crippen molar-refractivity contribution in [1.82, 2.24) is 19.5 Å². The Morgan fingerprint density at radius 3 is 2.04 bits per heavy atom. The molecule has 0 saturated carbocycles. The summed E-state index contributed by atoms with van der Waals surface area (Å²) < 4.78 is 6.42. The average Bonchev–Trinajstić information content (AvgIpc) is 2.74. The summed E-state index contributed by atoms with van der Waals surface area (Å²) in [4.78, 5) is 26.6. The van der Waals surface area contributed by atoms with Gasteiger partial charge in [0.05, 0.1) is 24.5 Å². The molecule has 0 radical (unpaired) electrons. The van der Waals surface area contributed by atoms with E-state index in [9.17, 15) is 4.79 Å². The second-order valence-corrected chi connectivity index (χ2v) is 6.24. The number of rotatable bonds is 5. The minimum absolute atomic E-state index is 0.0929. The summed E-state index contributed by atoms with van der Waals surface area (Å²) in [6.07, 6.45) is 0. The average molecular weight is 373 g/mol. The molecule has 0 aliphatic heterocycles. The molecule has 0 amide bonds. The van der Waals surface area contributed by atoms with Crippen LogP contribution >= 0.6 is 0 Å². The molecule has 2 aromatic heterocycles. The first kappa shape index (κ1) is 17.8. The first-order valence-electron chi connectivity index (χ1n) is 8.87. The van der Waals surface area contributed by atoms with Gasteiger partial charge in [0.15, 0.2) is 11.2 Å². The number of fused-ring (bicyclic) bond motifs is 1. The Bertz CT molecular complexity index is 1170. The Morgan fingerprint density at radius 2 is 1.46 bits per heavy atom. The zero-order valence-corrected chi connectivity index (χ0v) is 15.4. The number of anilines is 1. The summed E-state index contributed by atoms with van der Waals surface area (Å²) in [5.74, 6) is 0.0929. The van der Waals surface area contributed by atoms with Crippen LogP contribution in [0.5, 0.6) is 0 Å². The Morgan fingerprint density at radius 1 is 0.893 bits per heavy atom. The van der Waals surface area contributed by atoms with Crippen molar-refractivity contribution < 1.29 is 4.74 Å². The van der Waals surface area contributed by atoms with Crippen LogP contribution < -0.4 is 11.3 Å². The van der Waals surface area contributed by atoms with Crippen LogP contribution in [0.4, 0.5) is 5.95 Å². The molecule has 140 valence electrons. The van der Waals surface area contributed by atoms with Crippen LogP contribution in [0.3, 0.4) is 0 Å². The number of nitrogens with zero attached hydrogens (tertiary/aromatic N) is 4. The fourth-order valence-electron chi connectivity index (χ4n) is 3.04. The molecule has 7 heteroatoms. The number of nitrogen functional groups attached to an aromatic ring is 1. The Hall–Kier alpha value is -3.58. The first-order valence-corrected chi connectivity index (χ1v) is 8.87. The van der Waals surface area contributed by atoms with Gasteiger partial charge in [-0.15, -0.1) is 0 Å². The summed E-state index contributed by atoms with van der Waals surface area (Å²) in [5, 5.41) is 0. The molecule has 0 aliphatic rings. The van der Waals surface area contributed by atoms with Gasteiger partial charge < -0.3 is 10.5 Å². The highest BCUT2D eigenvalue weighted by Crippen LogP contribution is 2.29. The highest BCUT2D eigenvalue weighted by molar-refractivity contribution is 5.84. The number of aromatic nitrogens is 4. The second kappa shape index (κ2) is 7.58.